The van der Waals surface area contributed by atoms with Crippen LogP contribution < -0.4 is 16.4 Å². The Labute approximate surface area is 207 Å². The molecule has 2 saturated heterocycles. The number of alkyl halides is 3. The highest BCUT2D eigenvalue weighted by molar-refractivity contribution is 7.99. The first-order valence-electron chi connectivity index (χ1n) is 12.1. The van der Waals surface area contributed by atoms with Crippen LogP contribution in [0.5, 0.6) is 0 Å². The predicted octanol–water partition coefficient (Wildman–Crippen LogP) is 4.98. The van der Waals surface area contributed by atoms with Crippen LogP contribution in [0.3, 0.4) is 0 Å². The number of likely N-dealkylation sites (tertiary alicyclic amines) is 2. The fraction of sp³-hybridized carbons (Fsp3) is 0.480. The number of nitrogens with two attached hydrogens (primary N) is 1. The molecule has 4 N–H and O–H groups in total. The van der Waals surface area contributed by atoms with Crippen LogP contribution in [0.15, 0.2) is 40.1 Å². The minimum Gasteiger partial charge on any atom is -0.380 e. The molecule has 35 heavy (non-hydrogen) atoms. The van der Waals surface area contributed by atoms with Gasteiger partial charge in [-0.1, -0.05) is 11.8 Å². The number of carbonyl (C=O) groups excluding carboxylic acids is 1. The number of anilines is 3. The Morgan fingerprint density at radius 1 is 1.09 bits per heavy atom. The number of rotatable bonds is 5. The third-order valence-electron chi connectivity index (χ3n) is 6.92. The van der Waals surface area contributed by atoms with E-state index in [1.54, 1.807) is 12.1 Å². The molecule has 188 valence electrons. The average Bonchev–Trinajstić information content (AvgIpc) is 3.38. The first kappa shape index (κ1) is 24.3. The molecule has 0 bridgehead atoms. The van der Waals surface area contributed by atoms with E-state index in [0.717, 1.165) is 69.0 Å². The van der Waals surface area contributed by atoms with E-state index >= 15 is 0 Å². The monoisotopic (exact) mass is 505 g/mol. The molecule has 10 heteroatoms. The summed E-state index contributed by atoms with van der Waals surface area (Å²) in [6.45, 7) is 4.68. The SMILES string of the molecule is NCCN1CCC(Nc2cc(C(F)(F)F)cc3c2Nc2ccc(C(=O)N4CCCC4)cc2S3)CC1. The van der Waals surface area contributed by atoms with Crippen LogP contribution in [0.4, 0.5) is 30.2 Å². The first-order valence-corrected chi connectivity index (χ1v) is 13.0. The van der Waals surface area contributed by atoms with Crippen LogP contribution in [-0.4, -0.2) is 61.0 Å². The maximum atomic E-state index is 13.8. The second kappa shape index (κ2) is 9.91. The lowest BCUT2D eigenvalue weighted by molar-refractivity contribution is -0.137. The highest BCUT2D eigenvalue weighted by Crippen LogP contribution is 2.50. The molecule has 0 radical (unpaired) electrons. The lowest BCUT2D eigenvalue weighted by atomic mass is 10.0. The van der Waals surface area contributed by atoms with Crippen molar-refractivity contribution in [3.63, 3.8) is 0 Å². The Kier molecular flexibility index (Phi) is 6.87. The van der Waals surface area contributed by atoms with E-state index in [1.807, 2.05) is 11.0 Å². The maximum Gasteiger partial charge on any atom is 0.416 e. The second-order valence-electron chi connectivity index (χ2n) is 9.38. The molecular weight excluding hydrogens is 475 g/mol. The van der Waals surface area contributed by atoms with Gasteiger partial charge in [0.1, 0.15) is 0 Å². The number of fused-ring (bicyclic) bond motifs is 2. The van der Waals surface area contributed by atoms with Crippen molar-refractivity contribution in [1.82, 2.24) is 9.80 Å². The maximum absolute atomic E-state index is 13.8. The molecule has 2 aromatic rings. The molecule has 2 aromatic carbocycles. The van der Waals surface area contributed by atoms with Crippen LogP contribution in [0, 0.1) is 0 Å². The van der Waals surface area contributed by atoms with Crippen LogP contribution in [0.1, 0.15) is 41.6 Å². The van der Waals surface area contributed by atoms with E-state index in [1.165, 1.54) is 23.9 Å². The summed E-state index contributed by atoms with van der Waals surface area (Å²) in [5.41, 5.74) is 7.45. The zero-order valence-corrected chi connectivity index (χ0v) is 20.3. The average molecular weight is 506 g/mol. The van der Waals surface area contributed by atoms with Crippen LogP contribution in [-0.2, 0) is 6.18 Å². The van der Waals surface area contributed by atoms with Crippen molar-refractivity contribution in [2.45, 2.75) is 47.7 Å². The number of piperidine rings is 1. The summed E-state index contributed by atoms with van der Waals surface area (Å²) in [4.78, 5) is 18.2. The minimum absolute atomic E-state index is 0.0240. The molecule has 2 fully saturated rings. The van der Waals surface area contributed by atoms with Gasteiger partial charge in [-0.05, 0) is 56.0 Å². The topological polar surface area (TPSA) is 73.6 Å². The molecule has 0 atom stereocenters. The van der Waals surface area contributed by atoms with Crippen molar-refractivity contribution < 1.29 is 18.0 Å². The van der Waals surface area contributed by atoms with Crippen molar-refractivity contribution in [2.24, 2.45) is 5.73 Å². The van der Waals surface area contributed by atoms with Gasteiger partial charge in [0.2, 0.25) is 0 Å². The van der Waals surface area contributed by atoms with Gasteiger partial charge in [0.05, 0.1) is 22.6 Å². The zero-order valence-electron chi connectivity index (χ0n) is 19.5. The van der Waals surface area contributed by atoms with E-state index in [4.69, 9.17) is 5.73 Å². The Balaban J connectivity index is 1.41. The first-order chi connectivity index (χ1) is 16.8. The molecule has 0 unspecified atom stereocenters. The summed E-state index contributed by atoms with van der Waals surface area (Å²) in [5, 5.41) is 6.73. The Morgan fingerprint density at radius 3 is 2.51 bits per heavy atom. The van der Waals surface area contributed by atoms with Gasteiger partial charge < -0.3 is 26.2 Å². The highest BCUT2D eigenvalue weighted by Gasteiger charge is 2.34. The van der Waals surface area contributed by atoms with Crippen LogP contribution >= 0.6 is 11.8 Å². The smallest absolute Gasteiger partial charge is 0.380 e. The van der Waals surface area contributed by atoms with E-state index in [-0.39, 0.29) is 11.9 Å². The number of hydrogen-bond donors (Lipinski definition) is 3. The van der Waals surface area contributed by atoms with Gasteiger partial charge in [0.25, 0.3) is 5.91 Å². The molecule has 6 nitrogen and oxygen atoms in total. The normalized spacial score (nSPS) is 18.7. The number of benzene rings is 2. The summed E-state index contributed by atoms with van der Waals surface area (Å²) < 4.78 is 41.3. The fourth-order valence-corrected chi connectivity index (χ4v) is 6.11. The number of nitrogens with one attached hydrogen (secondary N) is 2. The Hall–Kier alpha value is -2.43. The Bertz CT molecular complexity index is 1100. The van der Waals surface area contributed by atoms with Gasteiger partial charge in [-0.25, -0.2) is 0 Å². The van der Waals surface area contributed by atoms with Gasteiger partial charge in [0.15, 0.2) is 0 Å². The summed E-state index contributed by atoms with van der Waals surface area (Å²) in [6.07, 6.45) is -0.761. The molecule has 0 spiro atoms. The summed E-state index contributed by atoms with van der Waals surface area (Å²) in [5.74, 6) is -0.0240. The molecule has 0 saturated carbocycles. The minimum atomic E-state index is -4.45. The lowest BCUT2D eigenvalue weighted by Gasteiger charge is -2.34. The lowest BCUT2D eigenvalue weighted by Crippen LogP contribution is -2.41. The van der Waals surface area contributed by atoms with Crippen molar-refractivity contribution in [3.05, 3.63) is 41.5 Å². The van der Waals surface area contributed by atoms with Gasteiger partial charge in [-0.2, -0.15) is 13.2 Å². The van der Waals surface area contributed by atoms with Crippen LogP contribution in [0.2, 0.25) is 0 Å². The molecule has 3 heterocycles. The zero-order chi connectivity index (χ0) is 24.6. The molecule has 3 aliphatic rings. The van der Waals surface area contributed by atoms with Gasteiger partial charge in [0, 0.05) is 60.7 Å². The van der Waals surface area contributed by atoms with Gasteiger partial charge in [-0.15, -0.1) is 0 Å². The molecule has 5 rings (SSSR count). The summed E-state index contributed by atoms with van der Waals surface area (Å²) in [6, 6.07) is 7.92. The fourth-order valence-electron chi connectivity index (χ4n) is 5.00. The Morgan fingerprint density at radius 2 is 1.83 bits per heavy atom. The van der Waals surface area contributed by atoms with E-state index < -0.39 is 11.7 Å². The van der Waals surface area contributed by atoms with Gasteiger partial charge >= 0.3 is 6.18 Å². The van der Waals surface area contributed by atoms with E-state index in [0.29, 0.717) is 28.4 Å². The number of nitrogens with zero attached hydrogens (tertiary/aromatic N) is 2. The third-order valence-corrected chi connectivity index (χ3v) is 8.02. The third kappa shape index (κ3) is 5.24. The highest BCUT2D eigenvalue weighted by atomic mass is 32.2. The van der Waals surface area contributed by atoms with Crippen molar-refractivity contribution in [2.75, 3.05) is 49.9 Å². The number of halogens is 3. The molecule has 0 aliphatic carbocycles. The van der Waals surface area contributed by atoms with Crippen molar-refractivity contribution in [3.8, 4) is 0 Å². The quantitative estimate of drug-likeness (QED) is 0.454. The molecular formula is C25H30F3N5OS. The molecule has 3 aliphatic heterocycles. The van der Waals surface area contributed by atoms with Crippen LogP contribution in [0.25, 0.3) is 0 Å². The standard InChI is InChI=1S/C25H30F3N5OS/c26-25(27,28)17-14-20(30-18-5-10-32(11-6-18)12-7-29)23-22(15-17)35-21-13-16(3-4-19(21)31-23)24(34)33-8-1-2-9-33/h3-4,13-15,18,30-31H,1-2,5-12,29H2. The van der Waals surface area contributed by atoms with Crippen molar-refractivity contribution in [1.29, 1.82) is 0 Å². The largest absolute Gasteiger partial charge is 0.416 e. The van der Waals surface area contributed by atoms with E-state index in [2.05, 4.69) is 15.5 Å². The van der Waals surface area contributed by atoms with E-state index in [9.17, 15) is 18.0 Å². The summed E-state index contributed by atoms with van der Waals surface area (Å²) >= 11 is 1.27. The van der Waals surface area contributed by atoms with Crippen molar-refractivity contribution >= 4 is 34.7 Å². The van der Waals surface area contributed by atoms with Gasteiger partial charge in [-0.3, -0.25) is 4.79 Å². The molecule has 0 aromatic heterocycles. The second-order valence-corrected chi connectivity index (χ2v) is 10.5. The molecule has 1 amide bonds. The number of hydrogen-bond acceptors (Lipinski definition) is 6. The predicted molar refractivity (Wildman–Crippen MR) is 133 cm³/mol. The summed E-state index contributed by atoms with van der Waals surface area (Å²) in [7, 11) is 0. The number of amides is 1. The number of carbonyl (C=O) groups is 1.